The molecule has 4 N–H and O–H groups in total. The van der Waals surface area contributed by atoms with Gasteiger partial charge in [-0.3, -0.25) is 14.3 Å². The van der Waals surface area contributed by atoms with Gasteiger partial charge in [-0.1, -0.05) is 24.3 Å². The first-order valence-electron chi connectivity index (χ1n) is 10.3. The molecule has 2 aromatic carbocycles. The molecule has 1 amide bonds. The van der Waals surface area contributed by atoms with Crippen molar-refractivity contribution in [1.29, 1.82) is 5.26 Å². The number of aromatic amines is 1. The fourth-order valence-corrected chi connectivity index (χ4v) is 3.71. The van der Waals surface area contributed by atoms with Crippen LogP contribution in [0.25, 0.3) is 22.0 Å². The minimum absolute atomic E-state index is 0.0171. The van der Waals surface area contributed by atoms with Crippen LogP contribution in [0.4, 0.5) is 5.69 Å². The number of anilines is 1. The van der Waals surface area contributed by atoms with Gasteiger partial charge in [0.05, 0.1) is 29.6 Å². The van der Waals surface area contributed by atoms with Crippen LogP contribution >= 0.6 is 0 Å². The van der Waals surface area contributed by atoms with Crippen LogP contribution in [0.15, 0.2) is 59.7 Å². The lowest BCUT2D eigenvalue weighted by molar-refractivity contribution is 0.102. The summed E-state index contributed by atoms with van der Waals surface area (Å²) in [7, 11) is 1.85. The van der Waals surface area contributed by atoms with E-state index in [0.717, 1.165) is 16.5 Å². The molecule has 0 radical (unpaired) electrons. The summed E-state index contributed by atoms with van der Waals surface area (Å²) in [5.74, 6) is -0.617. The Morgan fingerprint density at radius 1 is 1.24 bits per heavy atom. The Labute approximate surface area is 189 Å². The molecule has 0 saturated carbocycles. The highest BCUT2D eigenvalue weighted by molar-refractivity contribution is 6.06. The third-order valence-corrected chi connectivity index (χ3v) is 5.33. The second kappa shape index (κ2) is 9.48. The summed E-state index contributed by atoms with van der Waals surface area (Å²) < 4.78 is 1.76. The molecule has 0 saturated heterocycles. The molecule has 4 aromatic rings. The molecule has 0 aliphatic carbocycles. The van der Waals surface area contributed by atoms with Crippen molar-refractivity contribution in [3.63, 3.8) is 0 Å². The predicted octanol–water partition coefficient (Wildman–Crippen LogP) is 2.13. The number of carbonyl (C=O) groups excluding carboxylic acids is 1. The largest absolute Gasteiger partial charge is 0.395 e. The molecule has 0 spiro atoms. The highest BCUT2D eigenvalue weighted by atomic mass is 16.3. The minimum Gasteiger partial charge on any atom is -0.395 e. The maximum atomic E-state index is 12.9. The fraction of sp³-hybridized carbons (Fsp3) is 0.167. The highest BCUT2D eigenvalue weighted by Crippen LogP contribution is 2.33. The van der Waals surface area contributed by atoms with Crippen molar-refractivity contribution in [2.45, 2.75) is 6.54 Å². The van der Waals surface area contributed by atoms with E-state index in [1.807, 2.05) is 31.3 Å². The van der Waals surface area contributed by atoms with E-state index >= 15 is 0 Å². The van der Waals surface area contributed by atoms with Crippen molar-refractivity contribution in [1.82, 2.24) is 20.1 Å². The van der Waals surface area contributed by atoms with Gasteiger partial charge in [-0.2, -0.15) is 10.4 Å². The van der Waals surface area contributed by atoms with Gasteiger partial charge in [0, 0.05) is 37.3 Å². The zero-order valence-corrected chi connectivity index (χ0v) is 17.9. The predicted molar refractivity (Wildman–Crippen MR) is 125 cm³/mol. The van der Waals surface area contributed by atoms with Crippen LogP contribution in [-0.2, 0) is 13.6 Å². The number of aliphatic hydroxyl groups excluding tert-OH is 1. The van der Waals surface area contributed by atoms with E-state index in [4.69, 9.17) is 5.11 Å². The summed E-state index contributed by atoms with van der Waals surface area (Å²) in [5.41, 5.74) is 3.08. The van der Waals surface area contributed by atoms with E-state index in [9.17, 15) is 14.9 Å². The fourth-order valence-electron chi connectivity index (χ4n) is 3.71. The number of nitriles is 1. The van der Waals surface area contributed by atoms with E-state index in [2.05, 4.69) is 26.8 Å². The summed E-state index contributed by atoms with van der Waals surface area (Å²) in [5, 5.41) is 29.7. The Morgan fingerprint density at radius 3 is 2.82 bits per heavy atom. The second-order valence-electron chi connectivity index (χ2n) is 7.45. The molecule has 9 heteroatoms. The van der Waals surface area contributed by atoms with Gasteiger partial charge in [0.2, 0.25) is 0 Å². The quantitative estimate of drug-likeness (QED) is 0.324. The minimum atomic E-state index is -0.617. The van der Waals surface area contributed by atoms with Crippen LogP contribution in [0.3, 0.4) is 0 Å². The molecule has 166 valence electrons. The number of fused-ring (bicyclic) bond motifs is 1. The highest BCUT2D eigenvalue weighted by Gasteiger charge is 2.17. The molecule has 4 rings (SSSR count). The molecule has 0 unspecified atom stereocenters. The number of hydrogen-bond acceptors (Lipinski definition) is 6. The van der Waals surface area contributed by atoms with Gasteiger partial charge < -0.3 is 20.7 Å². The summed E-state index contributed by atoms with van der Waals surface area (Å²) in [6.07, 6.45) is 3.26. The number of nitrogens with one attached hydrogen (secondary N) is 3. The third-order valence-electron chi connectivity index (χ3n) is 5.33. The lowest BCUT2D eigenvalue weighted by Gasteiger charge is -2.12. The van der Waals surface area contributed by atoms with Crippen LogP contribution in [0.1, 0.15) is 21.5 Å². The maximum Gasteiger partial charge on any atom is 0.261 e. The molecule has 0 bridgehead atoms. The zero-order valence-electron chi connectivity index (χ0n) is 17.9. The number of aryl methyl sites for hydroxylation is 1. The van der Waals surface area contributed by atoms with Crippen LogP contribution < -0.4 is 16.2 Å². The number of rotatable bonds is 7. The smallest absolute Gasteiger partial charge is 0.261 e. The number of nitrogens with zero attached hydrogens (tertiary/aromatic N) is 3. The van der Waals surface area contributed by atoms with Crippen LogP contribution in [0.5, 0.6) is 0 Å². The van der Waals surface area contributed by atoms with E-state index in [0.29, 0.717) is 35.5 Å². The maximum absolute atomic E-state index is 12.9. The van der Waals surface area contributed by atoms with E-state index in [-0.39, 0.29) is 12.2 Å². The molecule has 0 atom stereocenters. The van der Waals surface area contributed by atoms with Crippen molar-refractivity contribution in [3.05, 3.63) is 81.9 Å². The lowest BCUT2D eigenvalue weighted by Crippen LogP contribution is -2.25. The first-order valence-corrected chi connectivity index (χ1v) is 10.3. The molecular formula is C24H22N6O3. The van der Waals surface area contributed by atoms with Crippen molar-refractivity contribution in [2.24, 2.45) is 7.05 Å². The Morgan fingerprint density at radius 2 is 2.03 bits per heavy atom. The monoisotopic (exact) mass is 442 g/mol. The number of benzene rings is 2. The summed E-state index contributed by atoms with van der Waals surface area (Å²) in [6.45, 7) is 0.755. The van der Waals surface area contributed by atoms with Gasteiger partial charge >= 0.3 is 0 Å². The standard InChI is InChI=1S/C24H22N6O3/c1-30-22-7-3-5-17(20(22)14-28-30)16-4-2-6-21(19(16)11-25)29-24(33)18-10-15(12-26-8-9-31)13-27-23(18)32/h2-7,10,13-14,26,31H,8-9,12H2,1H3,(H,27,32)(H,29,33). The summed E-state index contributed by atoms with van der Waals surface area (Å²) in [4.78, 5) is 27.8. The van der Waals surface area contributed by atoms with Gasteiger partial charge in [0.1, 0.15) is 11.6 Å². The number of hydrogen-bond donors (Lipinski definition) is 4. The molecule has 9 nitrogen and oxygen atoms in total. The number of pyridine rings is 1. The summed E-state index contributed by atoms with van der Waals surface area (Å²) >= 11 is 0. The molecule has 2 heterocycles. The molecule has 0 aliphatic heterocycles. The molecule has 2 aromatic heterocycles. The van der Waals surface area contributed by atoms with Gasteiger partial charge in [-0.05, 0) is 29.3 Å². The number of aliphatic hydroxyl groups is 1. The van der Waals surface area contributed by atoms with Crippen LogP contribution in [0.2, 0.25) is 0 Å². The van der Waals surface area contributed by atoms with E-state index in [1.165, 1.54) is 12.3 Å². The average molecular weight is 442 g/mol. The first-order chi connectivity index (χ1) is 16.0. The van der Waals surface area contributed by atoms with E-state index < -0.39 is 11.5 Å². The number of H-pyrrole nitrogens is 1. The zero-order chi connectivity index (χ0) is 23.4. The first kappa shape index (κ1) is 22.0. The molecule has 0 aliphatic rings. The van der Waals surface area contributed by atoms with Crippen molar-refractivity contribution in [2.75, 3.05) is 18.5 Å². The Balaban J connectivity index is 1.69. The number of carbonyl (C=O) groups is 1. The van der Waals surface area contributed by atoms with Gasteiger partial charge in [-0.25, -0.2) is 0 Å². The Kier molecular flexibility index (Phi) is 6.31. The SMILES string of the molecule is Cn1ncc2c(-c3cccc(NC(=O)c4cc(CNCCO)c[nH]c4=O)c3C#N)cccc21. The number of aromatic nitrogens is 3. The van der Waals surface area contributed by atoms with Crippen molar-refractivity contribution < 1.29 is 9.90 Å². The lowest BCUT2D eigenvalue weighted by atomic mass is 9.96. The Hall–Kier alpha value is -4.26. The summed E-state index contributed by atoms with van der Waals surface area (Å²) in [6, 6.07) is 14.6. The third kappa shape index (κ3) is 4.39. The van der Waals surface area contributed by atoms with Crippen molar-refractivity contribution >= 4 is 22.5 Å². The second-order valence-corrected chi connectivity index (χ2v) is 7.45. The van der Waals surface area contributed by atoms with Crippen LogP contribution in [-0.4, -0.2) is 38.9 Å². The van der Waals surface area contributed by atoms with Gasteiger partial charge in [0.15, 0.2) is 0 Å². The average Bonchev–Trinajstić information content (AvgIpc) is 3.21. The van der Waals surface area contributed by atoms with Crippen molar-refractivity contribution in [3.8, 4) is 17.2 Å². The normalized spacial score (nSPS) is 10.8. The Bertz CT molecular complexity index is 1430. The number of amides is 1. The van der Waals surface area contributed by atoms with Gasteiger partial charge in [0.25, 0.3) is 11.5 Å². The van der Waals surface area contributed by atoms with E-state index in [1.54, 1.807) is 23.0 Å². The van der Waals surface area contributed by atoms with Gasteiger partial charge in [-0.15, -0.1) is 0 Å². The molecule has 33 heavy (non-hydrogen) atoms. The van der Waals surface area contributed by atoms with Crippen LogP contribution in [0, 0.1) is 11.3 Å². The molecule has 0 fully saturated rings. The molecular weight excluding hydrogens is 420 g/mol. The topological polar surface area (TPSA) is 136 Å².